The van der Waals surface area contributed by atoms with Crippen LogP contribution in [0.1, 0.15) is 5.56 Å². The molecule has 0 saturated carbocycles. The largest absolute Gasteiger partial charge is 0.495 e. The van der Waals surface area contributed by atoms with Crippen LogP contribution in [0.5, 0.6) is 5.75 Å². The summed E-state index contributed by atoms with van der Waals surface area (Å²) >= 11 is 1.17. The average molecular weight is 513 g/mol. The number of aromatic nitrogens is 1. The fourth-order valence-corrected chi connectivity index (χ4v) is 8.00. The maximum Gasteiger partial charge on any atom is 0.277 e. The fourth-order valence-electron chi connectivity index (χ4n) is 3.82. The zero-order valence-corrected chi connectivity index (χ0v) is 20.7. The lowest BCUT2D eigenvalue weighted by molar-refractivity contribution is 0.402. The number of para-hydroxylation sites is 1. The number of hydrogen-bond donors (Lipinski definition) is 1. The van der Waals surface area contributed by atoms with Crippen molar-refractivity contribution in [2.45, 2.75) is 16.0 Å². The number of methoxy groups -OCH3 is 1. The minimum absolute atomic E-state index is 0.0301. The Kier molecular flexibility index (Phi) is 5.38. The molecule has 0 fully saturated rings. The van der Waals surface area contributed by atoms with E-state index < -0.39 is 20.0 Å². The summed E-state index contributed by atoms with van der Waals surface area (Å²) < 4.78 is 63.7. The second kappa shape index (κ2) is 8.15. The molecule has 0 aliphatic rings. The maximum absolute atomic E-state index is 13.6. The lowest BCUT2D eigenvalue weighted by atomic mass is 10.2. The third-order valence-electron chi connectivity index (χ3n) is 5.45. The van der Waals surface area contributed by atoms with Gasteiger partial charge in [-0.2, -0.15) is 8.42 Å². The average Bonchev–Trinajstić information content (AvgIpc) is 3.45. The summed E-state index contributed by atoms with van der Waals surface area (Å²) in [4.78, 5) is -0.0301. The van der Waals surface area contributed by atoms with E-state index in [9.17, 15) is 16.8 Å². The number of rotatable bonds is 6. The number of sulfonamides is 1. The third kappa shape index (κ3) is 3.73. The van der Waals surface area contributed by atoms with Crippen molar-refractivity contribution in [1.82, 2.24) is 3.97 Å². The highest BCUT2D eigenvalue weighted by molar-refractivity contribution is 7.93. The van der Waals surface area contributed by atoms with Crippen molar-refractivity contribution in [3.8, 4) is 5.75 Å². The molecule has 0 unspecified atom stereocenters. The zero-order valence-electron chi connectivity index (χ0n) is 18.2. The van der Waals surface area contributed by atoms with Gasteiger partial charge in [-0.05, 0) is 54.3 Å². The van der Waals surface area contributed by atoms with E-state index in [-0.39, 0.29) is 26.1 Å². The van der Waals surface area contributed by atoms with Gasteiger partial charge in [0, 0.05) is 16.3 Å². The molecular formula is C24H20N2O5S3. The van der Waals surface area contributed by atoms with Crippen molar-refractivity contribution in [2.75, 3.05) is 11.8 Å². The van der Waals surface area contributed by atoms with Crippen LogP contribution in [0.2, 0.25) is 0 Å². The molecule has 5 rings (SSSR count). The Morgan fingerprint density at radius 1 is 0.882 bits per heavy atom. The van der Waals surface area contributed by atoms with Gasteiger partial charge in [0.25, 0.3) is 20.0 Å². The topological polar surface area (TPSA) is 94.5 Å². The zero-order chi connectivity index (χ0) is 24.1. The van der Waals surface area contributed by atoms with Gasteiger partial charge >= 0.3 is 0 Å². The summed E-state index contributed by atoms with van der Waals surface area (Å²) in [6.45, 7) is 1.78. The number of fused-ring (bicyclic) bond motifs is 2. The summed E-state index contributed by atoms with van der Waals surface area (Å²) in [6, 6.07) is 20.5. The summed E-state index contributed by atoms with van der Waals surface area (Å²) in [5.74, 6) is 0.193. The first-order valence-electron chi connectivity index (χ1n) is 10.2. The second-order valence-corrected chi connectivity index (χ2v) is 12.5. The highest BCUT2D eigenvalue weighted by Crippen LogP contribution is 2.35. The Hall–Kier alpha value is -3.34. The van der Waals surface area contributed by atoms with Crippen molar-refractivity contribution in [1.29, 1.82) is 0 Å². The molecule has 0 aliphatic heterocycles. The predicted molar refractivity (Wildman–Crippen MR) is 135 cm³/mol. The van der Waals surface area contributed by atoms with Crippen LogP contribution in [0, 0.1) is 6.92 Å². The normalized spacial score (nSPS) is 12.3. The summed E-state index contributed by atoms with van der Waals surface area (Å²) in [5.41, 5.74) is 1.14. The number of hydrogen-bond acceptors (Lipinski definition) is 6. The van der Waals surface area contributed by atoms with E-state index in [0.717, 1.165) is 19.6 Å². The van der Waals surface area contributed by atoms with Crippen LogP contribution in [-0.4, -0.2) is 27.9 Å². The Bertz CT molecular complexity index is 1730. The van der Waals surface area contributed by atoms with Crippen LogP contribution in [0.4, 0.5) is 5.69 Å². The van der Waals surface area contributed by atoms with Crippen LogP contribution in [0.15, 0.2) is 88.1 Å². The van der Waals surface area contributed by atoms with Crippen molar-refractivity contribution in [3.05, 3.63) is 84.6 Å². The van der Waals surface area contributed by atoms with E-state index in [1.807, 2.05) is 24.3 Å². The SMILES string of the molecule is COc1ccc(C)cc1S(=O)(=O)Nc1cccc2ccn(S(=O)(=O)c3cc4ccccc4s3)c12. The third-order valence-corrected chi connectivity index (χ3v) is 10.1. The molecule has 2 heterocycles. The van der Waals surface area contributed by atoms with Crippen molar-refractivity contribution in [2.24, 2.45) is 0 Å². The Labute approximate surface area is 201 Å². The molecule has 10 heteroatoms. The molecule has 2 aromatic heterocycles. The molecule has 5 aromatic rings. The first-order chi connectivity index (χ1) is 16.2. The molecule has 0 bridgehead atoms. The lowest BCUT2D eigenvalue weighted by Gasteiger charge is -2.14. The first kappa shape index (κ1) is 22.5. The minimum atomic E-state index is -4.08. The molecule has 0 radical (unpaired) electrons. The molecule has 3 aromatic carbocycles. The molecular weight excluding hydrogens is 492 g/mol. The molecule has 0 aliphatic carbocycles. The Balaban J connectivity index is 1.65. The van der Waals surface area contributed by atoms with Gasteiger partial charge in [0.1, 0.15) is 14.9 Å². The Morgan fingerprint density at radius 3 is 2.41 bits per heavy atom. The minimum Gasteiger partial charge on any atom is -0.495 e. The number of anilines is 1. The van der Waals surface area contributed by atoms with E-state index in [4.69, 9.17) is 4.74 Å². The molecule has 34 heavy (non-hydrogen) atoms. The molecule has 0 amide bonds. The van der Waals surface area contributed by atoms with Gasteiger partial charge in [-0.1, -0.05) is 36.4 Å². The summed E-state index contributed by atoms with van der Waals surface area (Å²) in [5, 5.41) is 1.41. The first-order valence-corrected chi connectivity index (χ1v) is 14.0. The molecule has 1 N–H and O–H groups in total. The highest BCUT2D eigenvalue weighted by atomic mass is 32.2. The van der Waals surface area contributed by atoms with E-state index >= 15 is 0 Å². The van der Waals surface area contributed by atoms with Crippen LogP contribution in [-0.2, 0) is 20.0 Å². The van der Waals surface area contributed by atoms with Crippen LogP contribution in [0.25, 0.3) is 21.0 Å². The molecule has 0 saturated heterocycles. The standard InChI is InChI=1S/C24H20N2O5S3/c1-16-10-11-20(31-2)22(14-16)33(27,28)25-19-8-5-7-17-12-13-26(24(17)19)34(29,30)23-15-18-6-3-4-9-21(18)32-23/h3-15,25H,1-2H3. The van der Waals surface area contributed by atoms with E-state index in [2.05, 4.69) is 4.72 Å². The van der Waals surface area contributed by atoms with Gasteiger partial charge in [0.05, 0.1) is 18.3 Å². The number of thiophene rings is 1. The van der Waals surface area contributed by atoms with E-state index in [1.54, 1.807) is 49.4 Å². The van der Waals surface area contributed by atoms with Gasteiger partial charge in [0.2, 0.25) is 0 Å². The predicted octanol–water partition coefficient (Wildman–Crippen LogP) is 5.21. The number of nitrogens with zero attached hydrogens (tertiary/aromatic N) is 1. The van der Waals surface area contributed by atoms with Gasteiger partial charge in [-0.15, -0.1) is 11.3 Å². The Morgan fingerprint density at radius 2 is 1.65 bits per heavy atom. The van der Waals surface area contributed by atoms with Crippen LogP contribution in [0.3, 0.4) is 0 Å². The van der Waals surface area contributed by atoms with Gasteiger partial charge in [-0.25, -0.2) is 12.4 Å². The smallest absolute Gasteiger partial charge is 0.277 e. The van der Waals surface area contributed by atoms with E-state index in [1.165, 1.54) is 30.7 Å². The van der Waals surface area contributed by atoms with Crippen molar-refractivity contribution >= 4 is 58.1 Å². The summed E-state index contributed by atoms with van der Waals surface area (Å²) in [7, 11) is -6.65. The van der Waals surface area contributed by atoms with Crippen LogP contribution >= 0.6 is 11.3 Å². The summed E-state index contributed by atoms with van der Waals surface area (Å²) in [6.07, 6.45) is 1.44. The van der Waals surface area contributed by atoms with E-state index in [0.29, 0.717) is 5.39 Å². The van der Waals surface area contributed by atoms with Gasteiger partial charge < -0.3 is 4.74 Å². The van der Waals surface area contributed by atoms with Crippen molar-refractivity contribution < 1.29 is 21.6 Å². The van der Waals surface area contributed by atoms with Crippen LogP contribution < -0.4 is 9.46 Å². The van der Waals surface area contributed by atoms with Gasteiger partial charge in [0.15, 0.2) is 0 Å². The molecule has 7 nitrogen and oxygen atoms in total. The number of ether oxygens (including phenoxy) is 1. The highest BCUT2D eigenvalue weighted by Gasteiger charge is 2.26. The second-order valence-electron chi connectivity index (χ2n) is 7.72. The van der Waals surface area contributed by atoms with Gasteiger partial charge in [-0.3, -0.25) is 4.72 Å². The quantitative estimate of drug-likeness (QED) is 0.337. The molecule has 0 spiro atoms. The lowest BCUT2D eigenvalue weighted by Crippen LogP contribution is -2.16. The number of nitrogens with one attached hydrogen (secondary N) is 1. The van der Waals surface area contributed by atoms with Crippen molar-refractivity contribution in [3.63, 3.8) is 0 Å². The maximum atomic E-state index is 13.6. The fraction of sp³-hybridized carbons (Fsp3) is 0.0833. The molecule has 174 valence electrons. The number of benzene rings is 3. The monoisotopic (exact) mass is 512 g/mol. The number of aryl methyl sites for hydroxylation is 1. The molecule has 0 atom stereocenters.